The number of allylic oxidation sites excluding steroid dienone is 2. The van der Waals surface area contributed by atoms with Crippen molar-refractivity contribution in [2.24, 2.45) is 0 Å². The molecule has 0 saturated heterocycles. The van der Waals surface area contributed by atoms with E-state index in [2.05, 4.69) is 4.98 Å². The summed E-state index contributed by atoms with van der Waals surface area (Å²) in [6.45, 7) is 3.46. The number of ether oxygens (including phenoxy) is 3. The second kappa shape index (κ2) is 10.7. The van der Waals surface area contributed by atoms with Crippen molar-refractivity contribution in [3.05, 3.63) is 74.6 Å². The number of nitro benzene ring substituents is 1. The lowest BCUT2D eigenvalue weighted by Crippen LogP contribution is -2.27. The number of non-ortho nitro benzene ring substituents is 1. The molecule has 2 heterocycles. The van der Waals surface area contributed by atoms with Crippen molar-refractivity contribution in [3.63, 3.8) is 0 Å². The van der Waals surface area contributed by atoms with E-state index in [0.717, 1.165) is 18.4 Å². The van der Waals surface area contributed by atoms with E-state index in [1.165, 1.54) is 48.6 Å². The van der Waals surface area contributed by atoms with E-state index >= 15 is 0 Å². The molecule has 0 bridgehead atoms. The number of benzene rings is 1. The first kappa shape index (κ1) is 25.3. The molecule has 0 unspecified atom stereocenters. The van der Waals surface area contributed by atoms with E-state index in [-0.39, 0.29) is 44.7 Å². The van der Waals surface area contributed by atoms with Crippen LogP contribution in [0.1, 0.15) is 22.3 Å². The second-order valence-electron chi connectivity index (χ2n) is 6.93. The topological polar surface area (TPSA) is 138 Å². The van der Waals surface area contributed by atoms with Gasteiger partial charge in [0, 0.05) is 23.9 Å². The summed E-state index contributed by atoms with van der Waals surface area (Å²) in [4.78, 5) is 54.6. The summed E-state index contributed by atoms with van der Waals surface area (Å²) in [5.74, 6) is -2.19. The van der Waals surface area contributed by atoms with Gasteiger partial charge in [0.1, 0.15) is 15.6 Å². The van der Waals surface area contributed by atoms with E-state index in [1.807, 2.05) is 0 Å². The standard InChI is InChI=1S/C23H21N3O8S/c1-5-34-23(29)19-13(2)24-20(35-19)16-12-14(26(30)31)9-10-17(16)25-11-7-6-8-15(21(27)32-3)18(25)22(28)33-4/h6-12H,5H2,1-4H3. The summed E-state index contributed by atoms with van der Waals surface area (Å²) in [6, 6.07) is 3.95. The molecular formula is C23H21N3O8S. The maximum Gasteiger partial charge on any atom is 0.355 e. The zero-order valence-corrected chi connectivity index (χ0v) is 20.1. The monoisotopic (exact) mass is 499 g/mol. The van der Waals surface area contributed by atoms with Gasteiger partial charge in [-0.15, -0.1) is 11.3 Å². The Morgan fingerprint density at radius 1 is 1.11 bits per heavy atom. The number of nitro groups is 1. The van der Waals surface area contributed by atoms with Crippen molar-refractivity contribution in [3.8, 4) is 10.6 Å². The number of carbonyl (C=O) groups excluding carboxylic acids is 3. The van der Waals surface area contributed by atoms with Crippen molar-refractivity contribution in [2.45, 2.75) is 13.8 Å². The number of aromatic nitrogens is 1. The molecule has 182 valence electrons. The van der Waals surface area contributed by atoms with Gasteiger partial charge >= 0.3 is 17.9 Å². The minimum absolute atomic E-state index is 0.0869. The van der Waals surface area contributed by atoms with Gasteiger partial charge in [-0.1, -0.05) is 6.08 Å². The molecule has 2 aromatic rings. The van der Waals surface area contributed by atoms with Gasteiger partial charge in [0.25, 0.3) is 5.69 Å². The van der Waals surface area contributed by atoms with Crippen molar-refractivity contribution in [1.29, 1.82) is 0 Å². The number of thiazole rings is 1. The van der Waals surface area contributed by atoms with E-state index in [0.29, 0.717) is 5.69 Å². The van der Waals surface area contributed by atoms with Gasteiger partial charge < -0.3 is 19.1 Å². The molecule has 0 fully saturated rings. The third-order valence-electron chi connectivity index (χ3n) is 4.83. The molecule has 3 rings (SSSR count). The normalized spacial score (nSPS) is 12.9. The molecule has 0 amide bonds. The smallest absolute Gasteiger partial charge is 0.355 e. The quantitative estimate of drug-likeness (QED) is 0.240. The van der Waals surface area contributed by atoms with E-state index < -0.39 is 22.8 Å². The molecule has 1 aromatic carbocycles. The molecule has 12 heteroatoms. The summed E-state index contributed by atoms with van der Waals surface area (Å²) in [7, 11) is 2.33. The Morgan fingerprint density at radius 2 is 1.83 bits per heavy atom. The second-order valence-corrected chi connectivity index (χ2v) is 7.93. The number of carbonyl (C=O) groups is 3. The van der Waals surface area contributed by atoms with Gasteiger partial charge in [0.05, 0.1) is 42.7 Å². The predicted molar refractivity (Wildman–Crippen MR) is 127 cm³/mol. The third-order valence-corrected chi connectivity index (χ3v) is 6.00. The lowest BCUT2D eigenvalue weighted by atomic mass is 10.1. The van der Waals surface area contributed by atoms with Crippen LogP contribution in [0.15, 0.2) is 53.9 Å². The number of hydrogen-bond acceptors (Lipinski definition) is 11. The Bertz CT molecular complexity index is 1290. The lowest BCUT2D eigenvalue weighted by Gasteiger charge is -2.24. The van der Waals surface area contributed by atoms with Crippen LogP contribution in [-0.2, 0) is 23.8 Å². The van der Waals surface area contributed by atoms with Gasteiger partial charge in [-0.05, 0) is 32.1 Å². The Morgan fingerprint density at radius 3 is 2.46 bits per heavy atom. The van der Waals surface area contributed by atoms with Crippen LogP contribution in [0, 0.1) is 17.0 Å². The van der Waals surface area contributed by atoms with Gasteiger partial charge in [-0.25, -0.2) is 19.4 Å². The number of esters is 3. The molecule has 11 nitrogen and oxygen atoms in total. The Labute approximate surface area is 204 Å². The Balaban J connectivity index is 2.30. The van der Waals surface area contributed by atoms with E-state index in [4.69, 9.17) is 14.2 Å². The molecule has 1 aliphatic heterocycles. The first-order valence-corrected chi connectivity index (χ1v) is 11.0. The van der Waals surface area contributed by atoms with Crippen LogP contribution in [0.2, 0.25) is 0 Å². The number of hydrogen-bond donors (Lipinski definition) is 0. The van der Waals surface area contributed by atoms with Crippen LogP contribution in [0.5, 0.6) is 0 Å². The van der Waals surface area contributed by atoms with E-state index in [1.54, 1.807) is 19.9 Å². The average molecular weight is 500 g/mol. The summed E-state index contributed by atoms with van der Waals surface area (Å²) < 4.78 is 14.8. The number of anilines is 1. The Hall–Kier alpha value is -4.32. The predicted octanol–water partition coefficient (Wildman–Crippen LogP) is 3.69. The number of aryl methyl sites for hydroxylation is 1. The molecular weight excluding hydrogens is 478 g/mol. The number of nitrogens with zero attached hydrogens (tertiary/aromatic N) is 3. The largest absolute Gasteiger partial charge is 0.465 e. The molecule has 0 saturated carbocycles. The maximum absolute atomic E-state index is 12.8. The fourth-order valence-electron chi connectivity index (χ4n) is 3.27. The van der Waals surface area contributed by atoms with Crippen LogP contribution in [0.3, 0.4) is 0 Å². The van der Waals surface area contributed by atoms with Crippen LogP contribution < -0.4 is 4.90 Å². The van der Waals surface area contributed by atoms with Gasteiger partial charge in [0.2, 0.25) is 0 Å². The highest BCUT2D eigenvalue weighted by atomic mass is 32.1. The van der Waals surface area contributed by atoms with Crippen molar-refractivity contribution >= 4 is 40.6 Å². The highest BCUT2D eigenvalue weighted by molar-refractivity contribution is 7.17. The minimum atomic E-state index is -0.839. The number of methoxy groups -OCH3 is 2. The molecule has 0 N–H and O–H groups in total. The van der Waals surface area contributed by atoms with Gasteiger partial charge in [-0.3, -0.25) is 10.1 Å². The molecule has 1 aliphatic rings. The molecule has 1 aromatic heterocycles. The zero-order valence-electron chi connectivity index (χ0n) is 19.3. The molecule has 35 heavy (non-hydrogen) atoms. The first-order chi connectivity index (χ1) is 16.7. The van der Waals surface area contributed by atoms with Crippen molar-refractivity contribution < 1.29 is 33.5 Å². The highest BCUT2D eigenvalue weighted by Gasteiger charge is 2.30. The summed E-state index contributed by atoms with van der Waals surface area (Å²) in [6.07, 6.45) is 6.00. The minimum Gasteiger partial charge on any atom is -0.465 e. The summed E-state index contributed by atoms with van der Waals surface area (Å²) >= 11 is 0.993. The summed E-state index contributed by atoms with van der Waals surface area (Å²) in [5.41, 5.74) is 0.423. The number of rotatable bonds is 7. The van der Waals surface area contributed by atoms with Gasteiger partial charge in [0.15, 0.2) is 0 Å². The molecule has 0 spiro atoms. The molecule has 0 aliphatic carbocycles. The fraction of sp³-hybridized carbons (Fsp3) is 0.217. The lowest BCUT2D eigenvalue weighted by molar-refractivity contribution is -0.384. The summed E-state index contributed by atoms with van der Waals surface area (Å²) in [5, 5.41) is 11.8. The third kappa shape index (κ3) is 5.11. The highest BCUT2D eigenvalue weighted by Crippen LogP contribution is 2.40. The average Bonchev–Trinajstić information content (AvgIpc) is 3.10. The van der Waals surface area contributed by atoms with E-state index in [9.17, 15) is 24.5 Å². The van der Waals surface area contributed by atoms with Gasteiger partial charge in [-0.2, -0.15) is 0 Å². The molecule has 0 radical (unpaired) electrons. The zero-order chi connectivity index (χ0) is 25.7. The fourth-order valence-corrected chi connectivity index (χ4v) is 4.25. The van der Waals surface area contributed by atoms with Crippen LogP contribution in [0.25, 0.3) is 10.6 Å². The van der Waals surface area contributed by atoms with Crippen LogP contribution in [-0.4, -0.2) is 48.6 Å². The first-order valence-electron chi connectivity index (χ1n) is 10.2. The SMILES string of the molecule is CCOC(=O)c1sc(-c2cc([N+](=O)[O-])ccc2N2C=CC=CC(C(=O)OC)=C2C(=O)OC)nc1C. The van der Waals surface area contributed by atoms with Crippen LogP contribution in [0.4, 0.5) is 11.4 Å². The Kier molecular flexibility index (Phi) is 7.76. The molecule has 0 atom stereocenters. The van der Waals surface area contributed by atoms with Crippen LogP contribution >= 0.6 is 11.3 Å². The maximum atomic E-state index is 12.8. The van der Waals surface area contributed by atoms with Crippen molar-refractivity contribution in [1.82, 2.24) is 4.98 Å². The van der Waals surface area contributed by atoms with Crippen molar-refractivity contribution in [2.75, 3.05) is 25.7 Å².